The smallest absolute Gasteiger partial charge is 0.322 e. The van der Waals surface area contributed by atoms with E-state index in [9.17, 15) is 14.4 Å². The lowest BCUT2D eigenvalue weighted by Gasteiger charge is -2.11. The fourth-order valence-electron chi connectivity index (χ4n) is 1.13. The molecule has 2 amide bonds. The first-order valence-electron chi connectivity index (χ1n) is 5.43. The third-order valence-electron chi connectivity index (χ3n) is 2.15. The maximum Gasteiger partial charge on any atom is 0.322 e. The number of aliphatic carboxylic acids is 1. The normalized spacial score (nSPS) is 11.6. The lowest BCUT2D eigenvalue weighted by Crippen LogP contribution is -2.40. The van der Waals surface area contributed by atoms with Crippen molar-refractivity contribution < 1.29 is 19.5 Å². The Kier molecular flexibility index (Phi) is 7.70. The van der Waals surface area contributed by atoms with Gasteiger partial charge in [0.15, 0.2) is 0 Å². The van der Waals surface area contributed by atoms with Crippen LogP contribution in [0.5, 0.6) is 0 Å². The Morgan fingerprint density at radius 1 is 1.24 bits per heavy atom. The van der Waals surface area contributed by atoms with Crippen LogP contribution in [-0.4, -0.2) is 42.5 Å². The van der Waals surface area contributed by atoms with E-state index in [2.05, 4.69) is 10.6 Å². The van der Waals surface area contributed by atoms with Crippen LogP contribution in [0.15, 0.2) is 0 Å². The van der Waals surface area contributed by atoms with Gasteiger partial charge < -0.3 is 21.5 Å². The van der Waals surface area contributed by atoms with Crippen molar-refractivity contribution in [2.75, 3.05) is 19.6 Å². The van der Waals surface area contributed by atoms with Gasteiger partial charge in [-0.3, -0.25) is 14.4 Å². The molecule has 0 aromatic carbocycles. The Morgan fingerprint density at radius 3 is 2.41 bits per heavy atom. The van der Waals surface area contributed by atoms with Gasteiger partial charge in [0, 0.05) is 5.92 Å². The second-order valence-corrected chi connectivity index (χ2v) is 3.72. The molecule has 0 aliphatic heterocycles. The van der Waals surface area contributed by atoms with Crippen LogP contribution < -0.4 is 16.4 Å². The summed E-state index contributed by atoms with van der Waals surface area (Å²) < 4.78 is 0. The summed E-state index contributed by atoms with van der Waals surface area (Å²) >= 11 is 0. The van der Waals surface area contributed by atoms with E-state index >= 15 is 0 Å². The number of rotatable bonds is 8. The number of carbonyl (C=O) groups excluding carboxylic acids is 2. The largest absolute Gasteiger partial charge is 0.480 e. The lowest BCUT2D eigenvalue weighted by molar-refractivity contribution is -0.137. The Labute approximate surface area is 99.7 Å². The highest BCUT2D eigenvalue weighted by atomic mass is 16.4. The number of carboxylic acids is 1. The molecule has 0 aromatic rings. The highest BCUT2D eigenvalue weighted by Gasteiger charge is 2.13. The first kappa shape index (κ1) is 15.4. The van der Waals surface area contributed by atoms with Crippen LogP contribution in [0.1, 0.15) is 19.8 Å². The average Bonchev–Trinajstić information content (AvgIpc) is 2.30. The van der Waals surface area contributed by atoms with E-state index in [4.69, 9.17) is 10.8 Å². The van der Waals surface area contributed by atoms with Crippen molar-refractivity contribution in [3.05, 3.63) is 0 Å². The van der Waals surface area contributed by atoms with E-state index in [1.54, 1.807) is 6.92 Å². The molecule has 7 heteroatoms. The molecule has 1 unspecified atom stereocenters. The molecule has 0 aromatic heterocycles. The minimum atomic E-state index is -1.12. The number of nitrogens with one attached hydrogen (secondary N) is 2. The van der Waals surface area contributed by atoms with E-state index in [0.29, 0.717) is 13.0 Å². The SMILES string of the molecule is CC(CCCN)C(=O)NCC(=O)NCC(=O)O. The monoisotopic (exact) mass is 245 g/mol. The third kappa shape index (κ3) is 8.21. The lowest BCUT2D eigenvalue weighted by atomic mass is 10.1. The maximum absolute atomic E-state index is 11.4. The first-order chi connectivity index (χ1) is 7.97. The molecule has 0 aliphatic rings. The van der Waals surface area contributed by atoms with Crippen LogP contribution in [0.25, 0.3) is 0 Å². The van der Waals surface area contributed by atoms with Crippen LogP contribution >= 0.6 is 0 Å². The van der Waals surface area contributed by atoms with E-state index in [1.165, 1.54) is 0 Å². The van der Waals surface area contributed by atoms with Crippen LogP contribution in [0.3, 0.4) is 0 Å². The van der Waals surface area contributed by atoms with Gasteiger partial charge in [0.25, 0.3) is 0 Å². The van der Waals surface area contributed by atoms with Crippen molar-refractivity contribution in [2.45, 2.75) is 19.8 Å². The molecule has 0 fully saturated rings. The average molecular weight is 245 g/mol. The predicted molar refractivity (Wildman–Crippen MR) is 61.1 cm³/mol. The molecule has 17 heavy (non-hydrogen) atoms. The second-order valence-electron chi connectivity index (χ2n) is 3.72. The maximum atomic E-state index is 11.4. The Morgan fingerprint density at radius 2 is 1.88 bits per heavy atom. The van der Waals surface area contributed by atoms with Gasteiger partial charge in [0.1, 0.15) is 6.54 Å². The van der Waals surface area contributed by atoms with Crippen molar-refractivity contribution in [2.24, 2.45) is 11.7 Å². The Bertz CT molecular complexity index is 281. The third-order valence-corrected chi connectivity index (χ3v) is 2.15. The van der Waals surface area contributed by atoms with Crippen molar-refractivity contribution in [1.29, 1.82) is 0 Å². The number of hydrogen-bond donors (Lipinski definition) is 4. The summed E-state index contributed by atoms with van der Waals surface area (Å²) in [5, 5.41) is 12.9. The zero-order valence-electron chi connectivity index (χ0n) is 9.86. The van der Waals surface area contributed by atoms with Gasteiger partial charge >= 0.3 is 5.97 Å². The fourth-order valence-corrected chi connectivity index (χ4v) is 1.13. The van der Waals surface area contributed by atoms with Crippen LogP contribution in [-0.2, 0) is 14.4 Å². The summed E-state index contributed by atoms with van der Waals surface area (Å²) in [4.78, 5) is 32.7. The molecule has 7 nitrogen and oxygen atoms in total. The molecule has 0 spiro atoms. The van der Waals surface area contributed by atoms with Crippen LogP contribution in [0, 0.1) is 5.92 Å². The molecule has 0 radical (unpaired) electrons. The molecule has 5 N–H and O–H groups in total. The van der Waals surface area contributed by atoms with Gasteiger partial charge in [0.05, 0.1) is 6.54 Å². The zero-order valence-corrected chi connectivity index (χ0v) is 9.86. The number of carboxylic acid groups (broad SMARTS) is 1. The summed E-state index contributed by atoms with van der Waals surface area (Å²) in [6.07, 6.45) is 1.42. The van der Waals surface area contributed by atoms with Crippen LogP contribution in [0.2, 0.25) is 0 Å². The summed E-state index contributed by atoms with van der Waals surface area (Å²) in [5.74, 6) is -2.08. The molecule has 0 saturated carbocycles. The van der Waals surface area contributed by atoms with E-state index in [1.807, 2.05) is 0 Å². The first-order valence-corrected chi connectivity index (χ1v) is 5.43. The van der Waals surface area contributed by atoms with Crippen molar-refractivity contribution >= 4 is 17.8 Å². The van der Waals surface area contributed by atoms with Gasteiger partial charge in [-0.15, -0.1) is 0 Å². The molecule has 1 atom stereocenters. The van der Waals surface area contributed by atoms with Crippen molar-refractivity contribution in [3.8, 4) is 0 Å². The number of hydrogen-bond acceptors (Lipinski definition) is 4. The van der Waals surface area contributed by atoms with Gasteiger partial charge in [-0.1, -0.05) is 6.92 Å². The van der Waals surface area contributed by atoms with Crippen LogP contribution in [0.4, 0.5) is 0 Å². The Balaban J connectivity index is 3.75. The predicted octanol–water partition coefficient (Wildman–Crippen LogP) is -1.32. The molecule has 0 saturated heterocycles. The molecular formula is C10H19N3O4. The molecule has 0 rings (SSSR count). The summed E-state index contributed by atoms with van der Waals surface area (Å²) in [5.41, 5.74) is 5.32. The quantitative estimate of drug-likeness (QED) is 0.422. The summed E-state index contributed by atoms with van der Waals surface area (Å²) in [6, 6.07) is 0. The standard InChI is InChI=1S/C10H19N3O4/c1-7(3-2-4-11)10(17)13-5-8(14)12-6-9(15)16/h7H,2-6,11H2,1H3,(H,12,14)(H,13,17)(H,15,16). The number of carbonyl (C=O) groups is 3. The summed E-state index contributed by atoms with van der Waals surface area (Å²) in [7, 11) is 0. The molecular weight excluding hydrogens is 226 g/mol. The van der Waals surface area contributed by atoms with E-state index in [0.717, 1.165) is 6.42 Å². The van der Waals surface area contributed by atoms with Gasteiger partial charge in [-0.25, -0.2) is 0 Å². The van der Waals surface area contributed by atoms with E-state index < -0.39 is 18.4 Å². The molecule has 0 heterocycles. The number of amides is 2. The van der Waals surface area contributed by atoms with Gasteiger partial charge in [0.2, 0.25) is 11.8 Å². The highest BCUT2D eigenvalue weighted by Crippen LogP contribution is 2.03. The minimum absolute atomic E-state index is 0.203. The second kappa shape index (κ2) is 8.51. The molecule has 0 bridgehead atoms. The molecule has 0 aliphatic carbocycles. The minimum Gasteiger partial charge on any atom is -0.480 e. The summed E-state index contributed by atoms with van der Waals surface area (Å²) in [6.45, 7) is 1.62. The Hall–Kier alpha value is -1.63. The van der Waals surface area contributed by atoms with Crippen molar-refractivity contribution in [3.63, 3.8) is 0 Å². The molecule has 98 valence electrons. The zero-order chi connectivity index (χ0) is 13.3. The van der Waals surface area contributed by atoms with Gasteiger partial charge in [-0.05, 0) is 19.4 Å². The number of nitrogens with two attached hydrogens (primary N) is 1. The topological polar surface area (TPSA) is 122 Å². The van der Waals surface area contributed by atoms with Gasteiger partial charge in [-0.2, -0.15) is 0 Å². The fraction of sp³-hybridized carbons (Fsp3) is 0.700. The van der Waals surface area contributed by atoms with Crippen molar-refractivity contribution in [1.82, 2.24) is 10.6 Å². The highest BCUT2D eigenvalue weighted by molar-refractivity contribution is 5.87. The van der Waals surface area contributed by atoms with E-state index in [-0.39, 0.29) is 18.4 Å².